The van der Waals surface area contributed by atoms with Gasteiger partial charge in [-0.3, -0.25) is 4.79 Å². The van der Waals surface area contributed by atoms with E-state index >= 15 is 0 Å². The third-order valence-corrected chi connectivity index (χ3v) is 5.93. The van der Waals surface area contributed by atoms with Crippen LogP contribution < -0.4 is 16.0 Å². The Morgan fingerprint density at radius 2 is 1.82 bits per heavy atom. The molecule has 1 heterocycles. The van der Waals surface area contributed by atoms with Gasteiger partial charge in [0.25, 0.3) is 0 Å². The minimum atomic E-state index is -4.38. The van der Waals surface area contributed by atoms with Gasteiger partial charge in [0.2, 0.25) is 5.91 Å². The van der Waals surface area contributed by atoms with Crippen LogP contribution in [0.2, 0.25) is 0 Å². The van der Waals surface area contributed by atoms with Crippen LogP contribution in [0.3, 0.4) is 0 Å². The number of nitrogens with one attached hydrogen (secondary N) is 3. The van der Waals surface area contributed by atoms with Crippen molar-refractivity contribution in [2.24, 2.45) is 5.92 Å². The summed E-state index contributed by atoms with van der Waals surface area (Å²) in [5, 5.41) is 9.30. The molecule has 0 atom stereocenters. The Morgan fingerprint density at radius 3 is 2.45 bits per heavy atom. The monoisotopic (exact) mass is 460 g/mol. The lowest BCUT2D eigenvalue weighted by molar-refractivity contribution is -0.137. The highest BCUT2D eigenvalue weighted by molar-refractivity contribution is 5.91. The fourth-order valence-corrected chi connectivity index (χ4v) is 4.03. The van der Waals surface area contributed by atoms with E-state index in [1.54, 1.807) is 25.3 Å². The Bertz CT molecular complexity index is 965. The van der Waals surface area contributed by atoms with Crippen molar-refractivity contribution in [3.05, 3.63) is 65.4 Å². The third-order valence-electron chi connectivity index (χ3n) is 5.93. The Labute approximate surface area is 192 Å². The molecule has 0 spiro atoms. The molecule has 1 amide bonds. The lowest BCUT2D eigenvalue weighted by Crippen LogP contribution is -2.39. The van der Waals surface area contributed by atoms with Crippen molar-refractivity contribution >= 4 is 17.4 Å². The summed E-state index contributed by atoms with van der Waals surface area (Å²) in [6, 6.07) is 7.94. The molecule has 3 rings (SSSR count). The normalized spacial score (nSPS) is 18.6. The Kier molecular flexibility index (Phi) is 8.13. The van der Waals surface area contributed by atoms with Gasteiger partial charge in [-0.25, -0.2) is 4.98 Å². The van der Waals surface area contributed by atoms with Crippen LogP contribution in [-0.4, -0.2) is 30.0 Å². The average Bonchev–Trinajstić information content (AvgIpc) is 2.77. The predicted octanol–water partition coefficient (Wildman–Crippen LogP) is 5.06. The van der Waals surface area contributed by atoms with Gasteiger partial charge in [0.15, 0.2) is 0 Å². The molecule has 1 aliphatic rings. The molecule has 0 radical (unpaired) electrons. The average molecular weight is 461 g/mol. The second-order valence-corrected chi connectivity index (χ2v) is 8.81. The number of amides is 1. The van der Waals surface area contributed by atoms with E-state index in [1.807, 2.05) is 13.0 Å². The number of anilines is 1. The van der Waals surface area contributed by atoms with Gasteiger partial charge in [0.1, 0.15) is 5.82 Å². The summed E-state index contributed by atoms with van der Waals surface area (Å²) in [7, 11) is 0. The molecule has 0 saturated heterocycles. The summed E-state index contributed by atoms with van der Waals surface area (Å²) in [4.78, 5) is 16.3. The van der Waals surface area contributed by atoms with Crippen molar-refractivity contribution in [2.75, 3.05) is 18.4 Å². The maximum absolute atomic E-state index is 13.1. The van der Waals surface area contributed by atoms with Crippen LogP contribution >= 0.6 is 0 Å². The molecule has 0 bridgehead atoms. The highest BCUT2D eigenvalue weighted by atomic mass is 19.4. The van der Waals surface area contributed by atoms with E-state index in [-0.39, 0.29) is 18.5 Å². The highest BCUT2D eigenvalue weighted by Gasteiger charge is 2.31. The van der Waals surface area contributed by atoms with Gasteiger partial charge < -0.3 is 16.0 Å². The number of aryl methyl sites for hydroxylation is 2. The minimum Gasteiger partial charge on any atom is -0.385 e. The van der Waals surface area contributed by atoms with E-state index in [9.17, 15) is 18.0 Å². The zero-order chi connectivity index (χ0) is 24.0. The van der Waals surface area contributed by atoms with E-state index in [4.69, 9.17) is 0 Å². The number of pyridine rings is 1. The fraction of sp³-hybridized carbons (Fsp3) is 0.440. The fourth-order valence-electron chi connectivity index (χ4n) is 4.03. The second kappa shape index (κ2) is 10.8. The zero-order valence-corrected chi connectivity index (χ0v) is 19.1. The van der Waals surface area contributed by atoms with Crippen LogP contribution in [0.15, 0.2) is 43.1 Å². The summed E-state index contributed by atoms with van der Waals surface area (Å²) in [6.07, 6.45) is 1.16. The number of carbonyl (C=O) groups excluding carboxylic acids is 1. The van der Waals surface area contributed by atoms with Gasteiger partial charge >= 0.3 is 6.18 Å². The Morgan fingerprint density at radius 1 is 1.09 bits per heavy atom. The summed E-state index contributed by atoms with van der Waals surface area (Å²) in [5.41, 5.74) is 1.90. The van der Waals surface area contributed by atoms with Crippen molar-refractivity contribution in [3.8, 4) is 0 Å². The number of hydrogen-bond acceptors (Lipinski definition) is 4. The summed E-state index contributed by atoms with van der Waals surface area (Å²) in [6.45, 7) is 8.42. The van der Waals surface area contributed by atoms with Gasteiger partial charge in [-0.05, 0) is 86.4 Å². The van der Waals surface area contributed by atoms with Gasteiger partial charge in [0.05, 0.1) is 12.1 Å². The van der Waals surface area contributed by atoms with Gasteiger partial charge in [-0.2, -0.15) is 13.2 Å². The lowest BCUT2D eigenvalue weighted by Gasteiger charge is -2.29. The standard InChI is InChI=1S/C25H31F3N4O/c1-16-4-9-23(31-13-16)32-24(33)15-30-22-7-5-19(6-8-22)14-29-18(3)20-10-17(2)11-21(12-20)25(26,27)28/h4,9-13,19,22,29-30H,3,5-8,14-15H2,1-2H3,(H,31,32,33). The molecule has 8 heteroatoms. The maximum atomic E-state index is 13.1. The van der Waals surface area contributed by atoms with E-state index in [0.717, 1.165) is 43.4 Å². The SMILES string of the molecule is C=C(NCC1CCC(NCC(=O)Nc2ccc(C)cn2)CC1)c1cc(C)cc(C(F)(F)F)c1. The highest BCUT2D eigenvalue weighted by Crippen LogP contribution is 2.32. The van der Waals surface area contributed by atoms with Crippen LogP contribution in [0.25, 0.3) is 5.70 Å². The molecule has 0 unspecified atom stereocenters. The van der Waals surface area contributed by atoms with Crippen molar-refractivity contribution in [2.45, 2.75) is 51.7 Å². The molecule has 178 valence electrons. The Hall–Kier alpha value is -2.87. The first-order chi connectivity index (χ1) is 15.6. The van der Waals surface area contributed by atoms with Gasteiger partial charge in [0, 0.05) is 24.5 Å². The van der Waals surface area contributed by atoms with Crippen molar-refractivity contribution in [1.29, 1.82) is 0 Å². The number of benzene rings is 1. The first-order valence-electron chi connectivity index (χ1n) is 11.2. The first kappa shape index (κ1) is 24.8. The van der Waals surface area contributed by atoms with Crippen LogP contribution in [0, 0.1) is 19.8 Å². The number of rotatable bonds is 8. The van der Waals surface area contributed by atoms with Gasteiger partial charge in [-0.15, -0.1) is 0 Å². The molecule has 1 aliphatic carbocycles. The number of carbonyl (C=O) groups is 1. The number of alkyl halides is 3. The molecule has 2 aromatic rings. The molecule has 1 aromatic carbocycles. The van der Waals surface area contributed by atoms with Crippen molar-refractivity contribution < 1.29 is 18.0 Å². The number of halogens is 3. The molecule has 0 aliphatic heterocycles. The van der Waals surface area contributed by atoms with E-state index < -0.39 is 11.7 Å². The van der Waals surface area contributed by atoms with Crippen LogP contribution in [0.5, 0.6) is 0 Å². The van der Waals surface area contributed by atoms with Crippen LogP contribution in [0.1, 0.15) is 47.9 Å². The Balaban J connectivity index is 1.39. The van der Waals surface area contributed by atoms with E-state index in [0.29, 0.717) is 35.1 Å². The summed E-state index contributed by atoms with van der Waals surface area (Å²) >= 11 is 0. The number of hydrogen-bond donors (Lipinski definition) is 3. The predicted molar refractivity (Wildman–Crippen MR) is 125 cm³/mol. The van der Waals surface area contributed by atoms with Crippen molar-refractivity contribution in [1.82, 2.24) is 15.6 Å². The summed E-state index contributed by atoms with van der Waals surface area (Å²) in [5.74, 6) is 0.832. The number of aromatic nitrogens is 1. The largest absolute Gasteiger partial charge is 0.416 e. The molecular formula is C25H31F3N4O. The molecule has 1 saturated carbocycles. The molecular weight excluding hydrogens is 429 g/mol. The minimum absolute atomic E-state index is 0.122. The first-order valence-corrected chi connectivity index (χ1v) is 11.2. The second-order valence-electron chi connectivity index (χ2n) is 8.81. The molecule has 3 N–H and O–H groups in total. The smallest absolute Gasteiger partial charge is 0.385 e. The molecule has 5 nitrogen and oxygen atoms in total. The molecule has 1 aromatic heterocycles. The topological polar surface area (TPSA) is 66.0 Å². The zero-order valence-electron chi connectivity index (χ0n) is 19.1. The van der Waals surface area contributed by atoms with Crippen molar-refractivity contribution in [3.63, 3.8) is 0 Å². The molecule has 1 fully saturated rings. The summed E-state index contributed by atoms with van der Waals surface area (Å²) < 4.78 is 39.2. The molecule has 33 heavy (non-hydrogen) atoms. The maximum Gasteiger partial charge on any atom is 0.416 e. The third kappa shape index (κ3) is 7.60. The lowest BCUT2D eigenvalue weighted by atomic mass is 9.86. The van der Waals surface area contributed by atoms with Gasteiger partial charge in [-0.1, -0.05) is 12.6 Å². The van der Waals surface area contributed by atoms with Crippen LogP contribution in [0.4, 0.5) is 19.0 Å². The van der Waals surface area contributed by atoms with Crippen LogP contribution in [-0.2, 0) is 11.0 Å². The number of nitrogens with zero attached hydrogens (tertiary/aromatic N) is 1. The quantitative estimate of drug-likeness (QED) is 0.515. The van der Waals surface area contributed by atoms with E-state index in [2.05, 4.69) is 27.5 Å². The van der Waals surface area contributed by atoms with E-state index in [1.165, 1.54) is 0 Å².